The predicted octanol–water partition coefficient (Wildman–Crippen LogP) is 3.44. The zero-order valence-corrected chi connectivity index (χ0v) is 16.0. The minimum absolute atomic E-state index is 0.177. The second-order valence-electron chi connectivity index (χ2n) is 7.49. The van der Waals surface area contributed by atoms with Crippen molar-refractivity contribution < 1.29 is 9.50 Å². The molecule has 5 heteroatoms. The molecule has 0 aliphatic carbocycles. The van der Waals surface area contributed by atoms with E-state index in [4.69, 9.17) is 0 Å². The first-order valence-corrected chi connectivity index (χ1v) is 9.87. The average molecular weight is 379 g/mol. The maximum atomic E-state index is 13.2. The molecule has 0 bridgehead atoms. The van der Waals surface area contributed by atoms with Crippen LogP contribution in [0.1, 0.15) is 17.5 Å². The fourth-order valence-electron chi connectivity index (χ4n) is 4.10. The van der Waals surface area contributed by atoms with Crippen molar-refractivity contribution in [2.45, 2.75) is 25.6 Å². The summed E-state index contributed by atoms with van der Waals surface area (Å²) in [5, 5.41) is 10.8. The SMILES string of the molecule is OCC[C@@H]1CN(Cc2cccc3ncccc23)CCN1Cc1ccc(F)cc1. The van der Waals surface area contributed by atoms with Gasteiger partial charge in [0.25, 0.3) is 0 Å². The molecule has 1 aromatic heterocycles. The largest absolute Gasteiger partial charge is 0.396 e. The highest BCUT2D eigenvalue weighted by atomic mass is 19.1. The molecule has 1 fully saturated rings. The number of aliphatic hydroxyl groups excluding tert-OH is 1. The van der Waals surface area contributed by atoms with Gasteiger partial charge in [-0.15, -0.1) is 0 Å². The number of piperazine rings is 1. The highest BCUT2D eigenvalue weighted by Crippen LogP contribution is 2.22. The first kappa shape index (κ1) is 19.0. The van der Waals surface area contributed by atoms with Gasteiger partial charge in [0.1, 0.15) is 5.82 Å². The van der Waals surface area contributed by atoms with E-state index in [1.165, 1.54) is 23.1 Å². The Morgan fingerprint density at radius 3 is 2.68 bits per heavy atom. The molecule has 0 spiro atoms. The number of aromatic nitrogens is 1. The van der Waals surface area contributed by atoms with Gasteiger partial charge in [0.2, 0.25) is 0 Å². The average Bonchev–Trinajstić information content (AvgIpc) is 2.72. The summed E-state index contributed by atoms with van der Waals surface area (Å²) in [5.74, 6) is -0.204. The van der Waals surface area contributed by atoms with E-state index in [1.807, 2.05) is 30.5 Å². The van der Waals surface area contributed by atoms with Gasteiger partial charge < -0.3 is 5.11 Å². The highest BCUT2D eigenvalue weighted by molar-refractivity contribution is 5.81. The Morgan fingerprint density at radius 1 is 1.00 bits per heavy atom. The van der Waals surface area contributed by atoms with Gasteiger partial charge in [0, 0.05) is 57.0 Å². The van der Waals surface area contributed by atoms with E-state index in [0.29, 0.717) is 0 Å². The molecule has 0 radical (unpaired) electrons. The number of aliphatic hydroxyl groups is 1. The van der Waals surface area contributed by atoms with Gasteiger partial charge in [-0.3, -0.25) is 14.8 Å². The summed E-state index contributed by atoms with van der Waals surface area (Å²) in [4.78, 5) is 9.33. The zero-order valence-electron chi connectivity index (χ0n) is 16.0. The summed E-state index contributed by atoms with van der Waals surface area (Å²) in [6.45, 7) is 4.67. The number of halogens is 1. The molecule has 0 amide bonds. The van der Waals surface area contributed by atoms with Crippen molar-refractivity contribution in [3.05, 3.63) is 77.7 Å². The molecule has 4 rings (SSSR count). The van der Waals surface area contributed by atoms with Crippen LogP contribution < -0.4 is 0 Å². The van der Waals surface area contributed by atoms with E-state index in [9.17, 15) is 9.50 Å². The molecule has 4 nitrogen and oxygen atoms in total. The quantitative estimate of drug-likeness (QED) is 0.712. The van der Waals surface area contributed by atoms with Crippen LogP contribution in [0.2, 0.25) is 0 Å². The summed E-state index contributed by atoms with van der Waals surface area (Å²) in [6, 6.07) is 17.4. The predicted molar refractivity (Wildman–Crippen MR) is 109 cm³/mol. The van der Waals surface area contributed by atoms with E-state index < -0.39 is 0 Å². The number of rotatable bonds is 6. The second-order valence-corrected chi connectivity index (χ2v) is 7.49. The molecule has 1 aliphatic heterocycles. The smallest absolute Gasteiger partial charge is 0.123 e. The standard InChI is InChI=1S/C23H26FN3O/c24-20-8-6-18(7-9-20)15-27-13-12-26(17-21(27)10-14-28)16-19-3-1-5-23-22(19)4-2-11-25-23/h1-9,11,21,28H,10,12-17H2/t21-/m1/s1. The lowest BCUT2D eigenvalue weighted by atomic mass is 10.0. The first-order valence-electron chi connectivity index (χ1n) is 9.87. The second kappa shape index (κ2) is 8.78. The molecular weight excluding hydrogens is 353 g/mol. The molecule has 0 saturated carbocycles. The lowest BCUT2D eigenvalue weighted by molar-refractivity contribution is 0.0501. The summed E-state index contributed by atoms with van der Waals surface area (Å²) in [6.07, 6.45) is 2.58. The molecular formula is C23H26FN3O. The summed E-state index contributed by atoms with van der Waals surface area (Å²) < 4.78 is 13.2. The molecule has 2 aromatic carbocycles. The Balaban J connectivity index is 1.45. The number of fused-ring (bicyclic) bond motifs is 1. The zero-order chi connectivity index (χ0) is 19.3. The Kier molecular flexibility index (Phi) is 5.95. The van der Waals surface area contributed by atoms with Gasteiger partial charge in [-0.2, -0.15) is 0 Å². The number of hydrogen-bond acceptors (Lipinski definition) is 4. The van der Waals surface area contributed by atoms with E-state index in [0.717, 1.165) is 50.2 Å². The van der Waals surface area contributed by atoms with Gasteiger partial charge in [-0.25, -0.2) is 4.39 Å². The molecule has 1 aliphatic rings. The van der Waals surface area contributed by atoms with Gasteiger partial charge in [-0.1, -0.05) is 30.3 Å². The van der Waals surface area contributed by atoms with Crippen LogP contribution in [0.3, 0.4) is 0 Å². The highest BCUT2D eigenvalue weighted by Gasteiger charge is 2.27. The summed E-state index contributed by atoms with van der Waals surface area (Å²) in [5.41, 5.74) is 3.43. The van der Waals surface area contributed by atoms with Crippen molar-refractivity contribution in [2.75, 3.05) is 26.2 Å². The van der Waals surface area contributed by atoms with Gasteiger partial charge >= 0.3 is 0 Å². The minimum Gasteiger partial charge on any atom is -0.396 e. The molecule has 2 heterocycles. The molecule has 3 aromatic rings. The van der Waals surface area contributed by atoms with Crippen molar-refractivity contribution >= 4 is 10.9 Å². The van der Waals surface area contributed by atoms with E-state index in [1.54, 1.807) is 0 Å². The number of hydrogen-bond donors (Lipinski definition) is 1. The third-order valence-electron chi connectivity index (χ3n) is 5.58. The van der Waals surface area contributed by atoms with Crippen LogP contribution in [0.15, 0.2) is 60.8 Å². The van der Waals surface area contributed by atoms with Crippen molar-refractivity contribution in [1.82, 2.24) is 14.8 Å². The number of benzene rings is 2. The topological polar surface area (TPSA) is 39.6 Å². The van der Waals surface area contributed by atoms with Crippen molar-refractivity contribution in [1.29, 1.82) is 0 Å². The monoisotopic (exact) mass is 379 g/mol. The molecule has 1 saturated heterocycles. The van der Waals surface area contributed by atoms with Crippen molar-refractivity contribution in [3.63, 3.8) is 0 Å². The third-order valence-corrected chi connectivity index (χ3v) is 5.58. The summed E-state index contributed by atoms with van der Waals surface area (Å²) >= 11 is 0. The van der Waals surface area contributed by atoms with Crippen LogP contribution in [0, 0.1) is 5.82 Å². The number of pyridine rings is 1. The van der Waals surface area contributed by atoms with Gasteiger partial charge in [-0.05, 0) is 41.8 Å². The van der Waals surface area contributed by atoms with Crippen LogP contribution in [-0.2, 0) is 13.1 Å². The van der Waals surface area contributed by atoms with E-state index in [2.05, 4.69) is 33.0 Å². The third kappa shape index (κ3) is 4.38. The van der Waals surface area contributed by atoms with E-state index >= 15 is 0 Å². The lowest BCUT2D eigenvalue weighted by Crippen LogP contribution is -2.52. The molecule has 28 heavy (non-hydrogen) atoms. The fourth-order valence-corrected chi connectivity index (χ4v) is 4.10. The van der Waals surface area contributed by atoms with Crippen molar-refractivity contribution in [3.8, 4) is 0 Å². The molecule has 1 N–H and O–H groups in total. The minimum atomic E-state index is -0.204. The summed E-state index contributed by atoms with van der Waals surface area (Å²) in [7, 11) is 0. The fraction of sp³-hybridized carbons (Fsp3) is 0.348. The van der Waals surface area contributed by atoms with Gasteiger partial charge in [0.05, 0.1) is 5.52 Å². The molecule has 146 valence electrons. The van der Waals surface area contributed by atoms with Crippen molar-refractivity contribution in [2.24, 2.45) is 0 Å². The van der Waals surface area contributed by atoms with E-state index in [-0.39, 0.29) is 18.5 Å². The Morgan fingerprint density at radius 2 is 1.86 bits per heavy atom. The Labute approximate surface area is 165 Å². The van der Waals surface area contributed by atoms with Crippen LogP contribution >= 0.6 is 0 Å². The Bertz CT molecular complexity index is 910. The van der Waals surface area contributed by atoms with Gasteiger partial charge in [0.15, 0.2) is 0 Å². The Hall–Kier alpha value is -2.34. The van der Waals surface area contributed by atoms with Crippen LogP contribution in [0.5, 0.6) is 0 Å². The van der Waals surface area contributed by atoms with Crippen LogP contribution in [-0.4, -0.2) is 52.2 Å². The molecule has 1 atom stereocenters. The first-order chi connectivity index (χ1) is 13.7. The van der Waals surface area contributed by atoms with Crippen LogP contribution in [0.4, 0.5) is 4.39 Å². The molecule has 0 unspecified atom stereocenters. The van der Waals surface area contributed by atoms with Crippen LogP contribution in [0.25, 0.3) is 10.9 Å². The lowest BCUT2D eigenvalue weighted by Gasteiger charge is -2.41. The maximum absolute atomic E-state index is 13.2. The number of nitrogens with zero attached hydrogens (tertiary/aromatic N) is 3. The maximum Gasteiger partial charge on any atom is 0.123 e. The normalized spacial score (nSPS) is 18.6.